The van der Waals surface area contributed by atoms with Crippen molar-refractivity contribution in [3.8, 4) is 11.1 Å². The van der Waals surface area contributed by atoms with E-state index < -0.39 is 0 Å². The minimum Gasteiger partial charge on any atom is -0.323 e. The van der Waals surface area contributed by atoms with Crippen molar-refractivity contribution in [3.05, 3.63) is 84.7 Å². The molecule has 1 saturated heterocycles. The summed E-state index contributed by atoms with van der Waals surface area (Å²) in [5.41, 5.74) is 4.25. The van der Waals surface area contributed by atoms with Crippen LogP contribution in [0.25, 0.3) is 11.1 Å². The molecule has 3 aromatic rings. The van der Waals surface area contributed by atoms with Crippen molar-refractivity contribution >= 4 is 11.7 Å². The van der Waals surface area contributed by atoms with Crippen LogP contribution in [0.3, 0.4) is 0 Å². The summed E-state index contributed by atoms with van der Waals surface area (Å²) in [6, 6.07) is 22.7. The number of urea groups is 1. The lowest BCUT2D eigenvalue weighted by Crippen LogP contribution is -2.50. The summed E-state index contributed by atoms with van der Waals surface area (Å²) in [7, 11) is 0. The molecular weight excluding hydrogens is 384 g/mol. The molecule has 0 aliphatic carbocycles. The van der Waals surface area contributed by atoms with Gasteiger partial charge < -0.3 is 10.2 Å². The van der Waals surface area contributed by atoms with E-state index in [2.05, 4.69) is 52.5 Å². The highest BCUT2D eigenvalue weighted by Gasteiger charge is 2.27. The molecule has 2 heterocycles. The van der Waals surface area contributed by atoms with Gasteiger partial charge in [-0.05, 0) is 48.7 Å². The molecule has 31 heavy (non-hydrogen) atoms. The van der Waals surface area contributed by atoms with Crippen LogP contribution in [0.4, 0.5) is 10.5 Å². The van der Waals surface area contributed by atoms with Gasteiger partial charge in [0.2, 0.25) is 0 Å². The predicted octanol–water partition coefficient (Wildman–Crippen LogP) is 5.27. The van der Waals surface area contributed by atoms with Crippen LogP contribution < -0.4 is 5.32 Å². The second-order valence-electron chi connectivity index (χ2n) is 8.00. The van der Waals surface area contributed by atoms with Crippen molar-refractivity contribution < 1.29 is 4.79 Å². The van der Waals surface area contributed by atoms with E-state index in [0.29, 0.717) is 6.04 Å². The number of anilines is 1. The maximum absolute atomic E-state index is 13.2. The number of hydrogen-bond donors (Lipinski definition) is 1. The highest BCUT2D eigenvalue weighted by atomic mass is 16.2. The van der Waals surface area contributed by atoms with E-state index in [0.717, 1.165) is 55.8 Å². The standard InChI is InChI=1S/C26H30N4O/c1-2-29(19-21-14-16-27-17-15-21)23-11-8-18-30(20-23)26(31)28-25-13-7-6-12-24(25)22-9-4-3-5-10-22/h3-7,9-10,12-17,23H,2,8,11,18-20H2,1H3,(H,28,31). The number of likely N-dealkylation sites (tertiary alicyclic amines) is 1. The molecule has 0 spiro atoms. The molecule has 1 atom stereocenters. The lowest BCUT2D eigenvalue weighted by atomic mass is 10.0. The van der Waals surface area contributed by atoms with Crippen LogP contribution in [-0.2, 0) is 6.54 Å². The molecule has 0 bridgehead atoms. The molecule has 2 amide bonds. The van der Waals surface area contributed by atoms with E-state index in [4.69, 9.17) is 0 Å². The normalized spacial score (nSPS) is 16.3. The monoisotopic (exact) mass is 414 g/mol. The Hall–Kier alpha value is -3.18. The average molecular weight is 415 g/mol. The first-order valence-corrected chi connectivity index (χ1v) is 11.1. The molecule has 0 saturated carbocycles. The number of para-hydroxylation sites is 1. The molecule has 1 aliphatic rings. The van der Waals surface area contributed by atoms with Gasteiger partial charge in [-0.2, -0.15) is 0 Å². The Bertz CT molecular complexity index is 977. The number of likely N-dealkylation sites (N-methyl/N-ethyl adjacent to an activating group) is 1. The van der Waals surface area contributed by atoms with Gasteiger partial charge in [-0.25, -0.2) is 4.79 Å². The van der Waals surface area contributed by atoms with E-state index in [1.807, 2.05) is 53.7 Å². The first kappa shape index (κ1) is 21.1. The Morgan fingerprint density at radius 1 is 1.06 bits per heavy atom. The van der Waals surface area contributed by atoms with E-state index in [-0.39, 0.29) is 6.03 Å². The fourth-order valence-corrected chi connectivity index (χ4v) is 4.31. The number of pyridine rings is 1. The molecule has 1 unspecified atom stereocenters. The highest BCUT2D eigenvalue weighted by Crippen LogP contribution is 2.28. The highest BCUT2D eigenvalue weighted by molar-refractivity contribution is 5.94. The van der Waals surface area contributed by atoms with E-state index in [1.54, 1.807) is 0 Å². The smallest absolute Gasteiger partial charge is 0.321 e. The Morgan fingerprint density at radius 2 is 1.81 bits per heavy atom. The Kier molecular flexibility index (Phi) is 6.95. The van der Waals surface area contributed by atoms with Crippen LogP contribution in [0.15, 0.2) is 79.1 Å². The molecule has 4 rings (SSSR count). The summed E-state index contributed by atoms with van der Waals surface area (Å²) in [6.45, 7) is 5.58. The largest absolute Gasteiger partial charge is 0.323 e. The van der Waals surface area contributed by atoms with Gasteiger partial charge >= 0.3 is 6.03 Å². The second-order valence-corrected chi connectivity index (χ2v) is 8.00. The van der Waals surface area contributed by atoms with E-state index >= 15 is 0 Å². The van der Waals surface area contributed by atoms with Gasteiger partial charge in [-0.1, -0.05) is 55.5 Å². The molecule has 0 radical (unpaired) electrons. The maximum Gasteiger partial charge on any atom is 0.321 e. The number of nitrogens with one attached hydrogen (secondary N) is 1. The van der Waals surface area contributed by atoms with Crippen LogP contribution in [0.1, 0.15) is 25.3 Å². The number of nitrogens with zero attached hydrogens (tertiary/aromatic N) is 3. The fourth-order valence-electron chi connectivity index (χ4n) is 4.31. The molecule has 5 nitrogen and oxygen atoms in total. The summed E-state index contributed by atoms with van der Waals surface area (Å²) in [6.07, 6.45) is 5.82. The van der Waals surface area contributed by atoms with Crippen molar-refractivity contribution in [1.82, 2.24) is 14.8 Å². The maximum atomic E-state index is 13.2. The van der Waals surface area contributed by atoms with Crippen LogP contribution in [0, 0.1) is 0 Å². The van der Waals surface area contributed by atoms with Crippen LogP contribution in [0.2, 0.25) is 0 Å². The van der Waals surface area contributed by atoms with Crippen molar-refractivity contribution in [1.29, 1.82) is 0 Å². The molecule has 5 heteroatoms. The summed E-state index contributed by atoms with van der Waals surface area (Å²) >= 11 is 0. The van der Waals surface area contributed by atoms with Gasteiger partial charge in [-0.3, -0.25) is 9.88 Å². The number of piperidine rings is 1. The summed E-state index contributed by atoms with van der Waals surface area (Å²) < 4.78 is 0. The second kappa shape index (κ2) is 10.2. The van der Waals surface area contributed by atoms with Gasteiger partial charge in [0.15, 0.2) is 0 Å². The molecule has 160 valence electrons. The number of rotatable bonds is 6. The SMILES string of the molecule is CCN(Cc1ccncc1)C1CCCN(C(=O)Nc2ccccc2-c2ccccc2)C1. The van der Waals surface area contributed by atoms with Gasteiger partial charge in [0.1, 0.15) is 0 Å². The third-order valence-corrected chi connectivity index (χ3v) is 5.99. The summed E-state index contributed by atoms with van der Waals surface area (Å²) in [5.74, 6) is 0. The topological polar surface area (TPSA) is 48.5 Å². The number of aromatic nitrogens is 1. The summed E-state index contributed by atoms with van der Waals surface area (Å²) in [4.78, 5) is 21.7. The lowest BCUT2D eigenvalue weighted by molar-refractivity contribution is 0.112. The van der Waals surface area contributed by atoms with E-state index in [9.17, 15) is 4.79 Å². The van der Waals surface area contributed by atoms with Gasteiger partial charge in [0, 0.05) is 43.6 Å². The van der Waals surface area contributed by atoms with Crippen molar-refractivity contribution in [2.45, 2.75) is 32.4 Å². The Balaban J connectivity index is 1.44. The molecule has 1 aliphatic heterocycles. The molecule has 1 fully saturated rings. The van der Waals surface area contributed by atoms with Crippen LogP contribution >= 0.6 is 0 Å². The lowest BCUT2D eigenvalue weighted by Gasteiger charge is -2.39. The van der Waals surface area contributed by atoms with Gasteiger partial charge in [-0.15, -0.1) is 0 Å². The third kappa shape index (κ3) is 5.30. The van der Waals surface area contributed by atoms with Gasteiger partial charge in [0.25, 0.3) is 0 Å². The zero-order valence-electron chi connectivity index (χ0n) is 18.1. The van der Waals surface area contributed by atoms with Crippen LogP contribution in [-0.4, -0.2) is 46.5 Å². The average Bonchev–Trinajstić information content (AvgIpc) is 2.84. The zero-order chi connectivity index (χ0) is 21.5. The third-order valence-electron chi connectivity index (χ3n) is 5.99. The molecule has 1 aromatic heterocycles. The zero-order valence-corrected chi connectivity index (χ0v) is 18.1. The molecule has 2 aromatic carbocycles. The molecule has 1 N–H and O–H groups in total. The first-order valence-electron chi connectivity index (χ1n) is 11.1. The van der Waals surface area contributed by atoms with Crippen LogP contribution in [0.5, 0.6) is 0 Å². The Labute approximate surface area is 184 Å². The number of benzene rings is 2. The van der Waals surface area contributed by atoms with Gasteiger partial charge in [0.05, 0.1) is 5.69 Å². The fraction of sp³-hybridized carbons (Fsp3) is 0.308. The number of hydrogen-bond acceptors (Lipinski definition) is 3. The van der Waals surface area contributed by atoms with Crippen molar-refractivity contribution in [3.63, 3.8) is 0 Å². The quantitative estimate of drug-likeness (QED) is 0.598. The predicted molar refractivity (Wildman–Crippen MR) is 126 cm³/mol. The minimum absolute atomic E-state index is 0.0203. The van der Waals surface area contributed by atoms with Crippen molar-refractivity contribution in [2.24, 2.45) is 0 Å². The minimum atomic E-state index is -0.0203. The number of amides is 2. The van der Waals surface area contributed by atoms with E-state index in [1.165, 1.54) is 5.56 Å². The summed E-state index contributed by atoms with van der Waals surface area (Å²) in [5, 5.41) is 3.17. The number of carbonyl (C=O) groups excluding carboxylic acids is 1. The Morgan fingerprint density at radius 3 is 2.58 bits per heavy atom. The van der Waals surface area contributed by atoms with Crippen molar-refractivity contribution in [2.75, 3.05) is 25.0 Å². The molecular formula is C26H30N4O. The first-order chi connectivity index (χ1) is 15.2. The number of carbonyl (C=O) groups is 1.